The monoisotopic (exact) mass is 755 g/mol. The number of hydrogen-bond donors (Lipinski definition) is 0. The zero-order valence-electron chi connectivity index (χ0n) is 31.3. The number of anilines is 3. The SMILES string of the molecule is c1ccc2c(c1)Sc1ccc(N(c3ccc4c(c3)oc3c5ccccc5ccc43)c3cccc4ccccc34)cc1C21c2ccccc2-c2cccc3cccc1c23. The molecule has 1 aromatic heterocycles. The largest absolute Gasteiger partial charge is 0.455 e. The van der Waals surface area contributed by atoms with Crippen LogP contribution in [-0.2, 0) is 5.41 Å². The molecule has 10 aromatic carbocycles. The van der Waals surface area contributed by atoms with Gasteiger partial charge < -0.3 is 9.32 Å². The van der Waals surface area contributed by atoms with Crippen molar-refractivity contribution in [3.63, 3.8) is 0 Å². The first kappa shape index (κ1) is 32.1. The molecule has 3 heteroatoms. The third-order valence-electron chi connectivity index (χ3n) is 12.7. The fourth-order valence-electron chi connectivity index (χ4n) is 10.3. The Morgan fingerprint density at radius 2 is 1.02 bits per heavy atom. The Bertz CT molecular complexity index is 3510. The molecule has 1 atom stereocenters. The molecule has 2 heterocycles. The predicted molar refractivity (Wildman–Crippen MR) is 242 cm³/mol. The van der Waals surface area contributed by atoms with Crippen molar-refractivity contribution in [1.82, 2.24) is 0 Å². The van der Waals surface area contributed by atoms with E-state index >= 15 is 0 Å². The number of rotatable bonds is 3. The van der Waals surface area contributed by atoms with E-state index in [1.807, 2.05) is 11.8 Å². The van der Waals surface area contributed by atoms with Gasteiger partial charge in [-0.3, -0.25) is 0 Å². The lowest BCUT2D eigenvalue weighted by atomic mass is 9.59. The van der Waals surface area contributed by atoms with E-state index < -0.39 is 5.41 Å². The van der Waals surface area contributed by atoms with Gasteiger partial charge in [0.2, 0.25) is 0 Å². The first-order valence-electron chi connectivity index (χ1n) is 19.9. The van der Waals surface area contributed by atoms with Crippen LogP contribution in [0.4, 0.5) is 17.1 Å². The number of furan rings is 1. The van der Waals surface area contributed by atoms with Gasteiger partial charge in [-0.15, -0.1) is 0 Å². The lowest BCUT2D eigenvalue weighted by molar-refractivity contribution is 0.672. The zero-order valence-corrected chi connectivity index (χ0v) is 32.1. The Kier molecular flexibility index (Phi) is 6.62. The van der Waals surface area contributed by atoms with Crippen LogP contribution >= 0.6 is 11.8 Å². The van der Waals surface area contributed by atoms with Gasteiger partial charge >= 0.3 is 0 Å². The van der Waals surface area contributed by atoms with Crippen molar-refractivity contribution in [1.29, 1.82) is 0 Å². The van der Waals surface area contributed by atoms with Crippen LogP contribution in [0.15, 0.2) is 214 Å². The summed E-state index contributed by atoms with van der Waals surface area (Å²) < 4.78 is 6.81. The Balaban J connectivity index is 1.12. The van der Waals surface area contributed by atoms with Gasteiger partial charge in [-0.25, -0.2) is 0 Å². The molecule has 270 valence electrons. The molecule has 1 unspecified atom stereocenters. The molecule has 0 N–H and O–H groups in total. The number of fused-ring (bicyclic) bond motifs is 14. The minimum Gasteiger partial charge on any atom is -0.455 e. The molecule has 1 aliphatic carbocycles. The van der Waals surface area contributed by atoms with E-state index in [2.05, 4.69) is 205 Å². The second-order valence-electron chi connectivity index (χ2n) is 15.6. The molecule has 2 aliphatic rings. The molecule has 11 aromatic rings. The van der Waals surface area contributed by atoms with E-state index in [-0.39, 0.29) is 0 Å². The summed E-state index contributed by atoms with van der Waals surface area (Å²) in [5, 5.41) is 9.54. The molecule has 1 aliphatic heterocycles. The number of hydrogen-bond acceptors (Lipinski definition) is 3. The molecule has 2 nitrogen and oxygen atoms in total. The number of benzene rings is 10. The van der Waals surface area contributed by atoms with Crippen LogP contribution in [-0.4, -0.2) is 0 Å². The lowest BCUT2D eigenvalue weighted by Gasteiger charge is -2.46. The number of nitrogens with zero attached hydrogens (tertiary/aromatic N) is 1. The molecule has 13 rings (SSSR count). The van der Waals surface area contributed by atoms with Crippen molar-refractivity contribution in [2.75, 3.05) is 4.90 Å². The first-order chi connectivity index (χ1) is 28.8. The van der Waals surface area contributed by atoms with Crippen molar-refractivity contribution in [3.05, 3.63) is 222 Å². The van der Waals surface area contributed by atoms with Crippen LogP contribution in [0.2, 0.25) is 0 Å². The van der Waals surface area contributed by atoms with Crippen molar-refractivity contribution in [3.8, 4) is 11.1 Å². The molecule has 58 heavy (non-hydrogen) atoms. The highest BCUT2D eigenvalue weighted by molar-refractivity contribution is 7.99. The molecule has 1 spiro atoms. The average molecular weight is 756 g/mol. The molecular weight excluding hydrogens is 723 g/mol. The summed E-state index contributed by atoms with van der Waals surface area (Å²) in [6.45, 7) is 0. The highest BCUT2D eigenvalue weighted by Gasteiger charge is 2.48. The van der Waals surface area contributed by atoms with E-state index in [1.54, 1.807) is 0 Å². The van der Waals surface area contributed by atoms with Crippen LogP contribution in [0.5, 0.6) is 0 Å². The Hall–Kier alpha value is -7.07. The third-order valence-corrected chi connectivity index (χ3v) is 13.8. The summed E-state index contributed by atoms with van der Waals surface area (Å²) in [6, 6.07) is 74.0. The van der Waals surface area contributed by atoms with Crippen LogP contribution in [0.25, 0.3) is 65.4 Å². The molecule has 0 saturated carbocycles. The normalized spacial score (nSPS) is 15.2. The predicted octanol–water partition coefficient (Wildman–Crippen LogP) is 15.3. The Labute approximate surface area is 339 Å². The zero-order chi connectivity index (χ0) is 38.0. The van der Waals surface area contributed by atoms with Gasteiger partial charge in [-0.05, 0) is 103 Å². The van der Waals surface area contributed by atoms with E-state index in [9.17, 15) is 0 Å². The van der Waals surface area contributed by atoms with Crippen molar-refractivity contribution < 1.29 is 4.42 Å². The second kappa shape index (κ2) is 12.0. The third kappa shape index (κ3) is 4.29. The van der Waals surface area contributed by atoms with E-state index in [1.165, 1.54) is 70.1 Å². The summed E-state index contributed by atoms with van der Waals surface area (Å²) >= 11 is 1.88. The van der Waals surface area contributed by atoms with E-state index in [4.69, 9.17) is 4.42 Å². The minimum atomic E-state index is -0.550. The van der Waals surface area contributed by atoms with E-state index in [0.717, 1.165) is 44.4 Å². The maximum Gasteiger partial charge on any atom is 0.143 e. The van der Waals surface area contributed by atoms with Crippen molar-refractivity contribution >= 4 is 83.1 Å². The summed E-state index contributed by atoms with van der Waals surface area (Å²) in [4.78, 5) is 5.00. The lowest BCUT2D eigenvalue weighted by Crippen LogP contribution is -2.36. The minimum absolute atomic E-state index is 0.550. The van der Waals surface area contributed by atoms with Crippen LogP contribution in [0.1, 0.15) is 22.3 Å². The highest BCUT2D eigenvalue weighted by atomic mass is 32.2. The van der Waals surface area contributed by atoms with Gasteiger partial charge in [-0.2, -0.15) is 0 Å². The van der Waals surface area contributed by atoms with Gasteiger partial charge in [-0.1, -0.05) is 157 Å². The summed E-state index contributed by atoms with van der Waals surface area (Å²) in [6.07, 6.45) is 0. The average Bonchev–Trinajstić information content (AvgIpc) is 3.67. The molecule has 0 amide bonds. The molecular formula is C55H33NOS. The standard InChI is InChI=1S/C55H33NOS/c1-3-17-39-34(12-1)14-11-24-49(39)56(38-27-30-42-44-29-26-35-13-2-4-18-40(35)54(44)57-50(42)33-38)37-28-31-52-48(32-37)55(46-22-7-8-25-51(46)58-52)45-21-6-5-19-41(45)43-20-9-15-36-16-10-23-47(55)53(36)43/h1-33H. The Morgan fingerprint density at radius 1 is 0.397 bits per heavy atom. The fourth-order valence-corrected chi connectivity index (χ4v) is 11.5. The maximum absolute atomic E-state index is 6.81. The summed E-state index contributed by atoms with van der Waals surface area (Å²) in [5.41, 5.74) is 12.4. The molecule has 0 fully saturated rings. The van der Waals surface area contributed by atoms with E-state index in [0.29, 0.717) is 0 Å². The van der Waals surface area contributed by atoms with Gasteiger partial charge in [0, 0.05) is 48.8 Å². The summed E-state index contributed by atoms with van der Waals surface area (Å²) in [5.74, 6) is 0. The molecule has 0 bridgehead atoms. The van der Waals surface area contributed by atoms with Crippen LogP contribution in [0.3, 0.4) is 0 Å². The fraction of sp³-hybridized carbons (Fsp3) is 0.0182. The van der Waals surface area contributed by atoms with Gasteiger partial charge in [0.05, 0.1) is 11.1 Å². The van der Waals surface area contributed by atoms with Gasteiger partial charge in [0.1, 0.15) is 11.2 Å². The van der Waals surface area contributed by atoms with Gasteiger partial charge in [0.25, 0.3) is 0 Å². The molecule has 0 radical (unpaired) electrons. The smallest absolute Gasteiger partial charge is 0.143 e. The quantitative estimate of drug-likeness (QED) is 0.179. The second-order valence-corrected chi connectivity index (χ2v) is 16.6. The Morgan fingerprint density at radius 3 is 1.93 bits per heavy atom. The molecule has 0 saturated heterocycles. The topological polar surface area (TPSA) is 16.4 Å². The maximum atomic E-state index is 6.81. The summed E-state index contributed by atoms with van der Waals surface area (Å²) in [7, 11) is 0. The van der Waals surface area contributed by atoms with Gasteiger partial charge in [0.15, 0.2) is 0 Å². The van der Waals surface area contributed by atoms with Crippen molar-refractivity contribution in [2.24, 2.45) is 0 Å². The van der Waals surface area contributed by atoms with Crippen molar-refractivity contribution in [2.45, 2.75) is 15.2 Å². The van der Waals surface area contributed by atoms with Crippen LogP contribution < -0.4 is 4.90 Å². The first-order valence-corrected chi connectivity index (χ1v) is 20.7. The van der Waals surface area contributed by atoms with Crippen LogP contribution in [0, 0.1) is 0 Å². The highest BCUT2D eigenvalue weighted by Crippen LogP contribution is 2.62.